The van der Waals surface area contributed by atoms with Gasteiger partial charge in [-0.25, -0.2) is 4.98 Å². The van der Waals surface area contributed by atoms with Gasteiger partial charge in [-0.15, -0.1) is 0 Å². The molecule has 1 atom stereocenters. The van der Waals surface area contributed by atoms with Crippen LogP contribution in [0.3, 0.4) is 0 Å². The number of benzene rings is 1. The molecule has 0 amide bonds. The van der Waals surface area contributed by atoms with Crippen LogP contribution in [0.2, 0.25) is 0 Å². The predicted octanol–water partition coefficient (Wildman–Crippen LogP) is 2.78. The summed E-state index contributed by atoms with van der Waals surface area (Å²) in [5.41, 5.74) is 6.96. The number of anilines is 2. The average Bonchev–Trinajstić information content (AvgIpc) is 2.55. The van der Waals surface area contributed by atoms with Crippen LogP contribution in [0.4, 0.5) is 11.8 Å². The molecule has 0 aliphatic carbocycles. The van der Waals surface area contributed by atoms with Crippen LogP contribution in [0.25, 0.3) is 0 Å². The summed E-state index contributed by atoms with van der Waals surface area (Å²) in [7, 11) is 1.63. The van der Waals surface area contributed by atoms with E-state index in [0.29, 0.717) is 24.0 Å². The maximum absolute atomic E-state index is 9.27. The van der Waals surface area contributed by atoms with E-state index in [2.05, 4.69) is 29.1 Å². The molecule has 24 heavy (non-hydrogen) atoms. The van der Waals surface area contributed by atoms with Crippen molar-refractivity contribution < 1.29 is 14.6 Å². The number of rotatable bonds is 7. The number of nitrogens with two attached hydrogens (primary N) is 1. The molecule has 0 bridgehead atoms. The smallest absolute Gasteiger partial charge is 0.224 e. The van der Waals surface area contributed by atoms with Gasteiger partial charge in [-0.05, 0) is 31.0 Å². The third-order valence-corrected chi connectivity index (χ3v) is 3.40. The van der Waals surface area contributed by atoms with Gasteiger partial charge in [0.25, 0.3) is 0 Å². The highest BCUT2D eigenvalue weighted by Crippen LogP contribution is 2.34. The van der Waals surface area contributed by atoms with Crippen LogP contribution in [-0.4, -0.2) is 34.8 Å². The first-order valence-electron chi connectivity index (χ1n) is 7.81. The Kier molecular flexibility index (Phi) is 5.81. The van der Waals surface area contributed by atoms with E-state index >= 15 is 0 Å². The number of aliphatic hydroxyl groups excluding tert-OH is 1. The third-order valence-electron chi connectivity index (χ3n) is 3.40. The number of methoxy groups -OCH3 is 1. The zero-order valence-electron chi connectivity index (χ0n) is 14.4. The van der Waals surface area contributed by atoms with Gasteiger partial charge in [-0.3, -0.25) is 0 Å². The van der Waals surface area contributed by atoms with Crippen molar-refractivity contribution >= 4 is 11.8 Å². The molecule has 0 aliphatic rings. The van der Waals surface area contributed by atoms with Gasteiger partial charge in [-0.1, -0.05) is 13.8 Å². The summed E-state index contributed by atoms with van der Waals surface area (Å²) >= 11 is 0. The Balaban J connectivity index is 2.22. The number of nitrogens with one attached hydrogen (secondary N) is 1. The van der Waals surface area contributed by atoms with Gasteiger partial charge in [0, 0.05) is 12.1 Å². The zero-order valence-corrected chi connectivity index (χ0v) is 14.4. The van der Waals surface area contributed by atoms with Crippen LogP contribution in [-0.2, 0) is 0 Å². The second-order valence-corrected chi connectivity index (χ2v) is 5.83. The van der Waals surface area contributed by atoms with Crippen LogP contribution in [0.15, 0.2) is 24.4 Å². The van der Waals surface area contributed by atoms with E-state index in [0.717, 1.165) is 11.3 Å². The van der Waals surface area contributed by atoms with Crippen molar-refractivity contribution in [1.29, 1.82) is 0 Å². The minimum absolute atomic E-state index is 0.226. The summed E-state index contributed by atoms with van der Waals surface area (Å²) in [6.45, 7) is 6.16. The lowest BCUT2D eigenvalue weighted by atomic mass is 10.0. The summed E-state index contributed by atoms with van der Waals surface area (Å²) < 4.78 is 11.2. The molecule has 0 saturated heterocycles. The summed E-state index contributed by atoms with van der Waals surface area (Å²) in [4.78, 5) is 8.30. The predicted molar refractivity (Wildman–Crippen MR) is 93.8 cm³/mol. The number of nitrogen functional groups attached to an aromatic ring is 1. The molecule has 2 rings (SSSR count). The van der Waals surface area contributed by atoms with Gasteiger partial charge in [0.2, 0.25) is 5.95 Å². The van der Waals surface area contributed by atoms with Gasteiger partial charge >= 0.3 is 0 Å². The van der Waals surface area contributed by atoms with E-state index in [4.69, 9.17) is 15.2 Å². The lowest BCUT2D eigenvalue weighted by Crippen LogP contribution is -2.17. The number of aromatic nitrogens is 2. The number of aliphatic hydroxyl groups is 1. The van der Waals surface area contributed by atoms with Crippen molar-refractivity contribution in [1.82, 2.24) is 9.97 Å². The number of nitrogens with zero attached hydrogens (tertiary/aromatic N) is 2. The topological polar surface area (TPSA) is 103 Å². The van der Waals surface area contributed by atoms with Gasteiger partial charge < -0.3 is 25.6 Å². The quantitative estimate of drug-likeness (QED) is 0.716. The van der Waals surface area contributed by atoms with Crippen molar-refractivity contribution in [2.24, 2.45) is 0 Å². The monoisotopic (exact) mass is 332 g/mol. The molecule has 0 aliphatic heterocycles. The first kappa shape index (κ1) is 17.8. The van der Waals surface area contributed by atoms with Crippen LogP contribution in [0, 0.1) is 0 Å². The van der Waals surface area contributed by atoms with Crippen LogP contribution in [0.5, 0.6) is 17.2 Å². The Labute approximate surface area is 141 Å². The Morgan fingerprint density at radius 2 is 2.00 bits per heavy atom. The Bertz CT molecular complexity index is 690. The van der Waals surface area contributed by atoms with Crippen LogP contribution >= 0.6 is 0 Å². The molecular formula is C17H24N4O3. The molecule has 0 radical (unpaired) electrons. The lowest BCUT2D eigenvalue weighted by molar-refractivity contribution is 0.208. The van der Waals surface area contributed by atoms with Gasteiger partial charge in [0.05, 0.1) is 19.4 Å². The number of hydrogen-bond acceptors (Lipinski definition) is 7. The molecule has 0 saturated carbocycles. The molecule has 7 heteroatoms. The van der Waals surface area contributed by atoms with E-state index < -0.39 is 6.10 Å². The van der Waals surface area contributed by atoms with E-state index in [9.17, 15) is 5.11 Å². The maximum atomic E-state index is 9.27. The number of ether oxygens (including phenoxy) is 2. The third kappa shape index (κ3) is 4.48. The van der Waals surface area contributed by atoms with E-state index in [-0.39, 0.29) is 11.7 Å². The minimum Gasteiger partial charge on any atom is -0.497 e. The average molecular weight is 332 g/mol. The van der Waals surface area contributed by atoms with Crippen molar-refractivity contribution in [3.05, 3.63) is 30.0 Å². The molecule has 1 aromatic carbocycles. The summed E-state index contributed by atoms with van der Waals surface area (Å²) in [5, 5.41) is 12.2. The van der Waals surface area contributed by atoms with Gasteiger partial charge in [0.15, 0.2) is 11.6 Å². The minimum atomic E-state index is -0.501. The highest BCUT2D eigenvalue weighted by atomic mass is 16.5. The highest BCUT2D eigenvalue weighted by molar-refractivity contribution is 5.52. The van der Waals surface area contributed by atoms with E-state index in [1.54, 1.807) is 14.0 Å². The molecule has 130 valence electrons. The lowest BCUT2D eigenvalue weighted by Gasteiger charge is -2.16. The van der Waals surface area contributed by atoms with Crippen molar-refractivity contribution in [2.45, 2.75) is 32.8 Å². The number of hydrogen-bond donors (Lipinski definition) is 3. The molecule has 1 unspecified atom stereocenters. The molecule has 4 N–H and O–H groups in total. The summed E-state index contributed by atoms with van der Waals surface area (Å²) in [5.74, 6) is 2.66. The Morgan fingerprint density at radius 3 is 2.58 bits per heavy atom. The maximum Gasteiger partial charge on any atom is 0.224 e. The standard InChI is InChI=1S/C17H24N4O3/c1-10(2)13-7-12(23-4)5-6-14(13)24-15-9-20-17(21-16(15)18)19-8-11(3)22/h5-7,9-11,22H,8H2,1-4H3,(H3,18,19,20,21). The molecule has 0 fully saturated rings. The fourth-order valence-electron chi connectivity index (χ4n) is 2.10. The highest BCUT2D eigenvalue weighted by Gasteiger charge is 2.13. The molecule has 2 aromatic rings. The SMILES string of the molecule is COc1ccc(Oc2cnc(NCC(C)O)nc2N)c(C(C)C)c1. The van der Waals surface area contributed by atoms with Crippen LogP contribution in [0.1, 0.15) is 32.3 Å². The van der Waals surface area contributed by atoms with E-state index in [1.165, 1.54) is 6.20 Å². The van der Waals surface area contributed by atoms with Gasteiger partial charge in [0.1, 0.15) is 11.5 Å². The fraction of sp³-hybridized carbons (Fsp3) is 0.412. The first-order chi connectivity index (χ1) is 11.4. The second kappa shape index (κ2) is 7.83. The van der Waals surface area contributed by atoms with Gasteiger partial charge in [-0.2, -0.15) is 4.98 Å². The zero-order chi connectivity index (χ0) is 17.7. The molecule has 1 heterocycles. The largest absolute Gasteiger partial charge is 0.497 e. The second-order valence-electron chi connectivity index (χ2n) is 5.83. The molecule has 0 spiro atoms. The molecular weight excluding hydrogens is 308 g/mol. The first-order valence-corrected chi connectivity index (χ1v) is 7.81. The van der Waals surface area contributed by atoms with Crippen LogP contribution < -0.4 is 20.5 Å². The Hall–Kier alpha value is -2.54. The van der Waals surface area contributed by atoms with Crippen molar-refractivity contribution in [3.8, 4) is 17.2 Å². The summed E-state index contributed by atoms with van der Waals surface area (Å²) in [6.07, 6.45) is 1.01. The fourth-order valence-corrected chi connectivity index (χ4v) is 2.10. The molecule has 7 nitrogen and oxygen atoms in total. The summed E-state index contributed by atoms with van der Waals surface area (Å²) in [6, 6.07) is 5.61. The molecule has 1 aromatic heterocycles. The van der Waals surface area contributed by atoms with Crippen molar-refractivity contribution in [2.75, 3.05) is 24.7 Å². The normalized spacial score (nSPS) is 12.1. The Morgan fingerprint density at radius 1 is 1.25 bits per heavy atom. The van der Waals surface area contributed by atoms with Crippen molar-refractivity contribution in [3.63, 3.8) is 0 Å². The van der Waals surface area contributed by atoms with E-state index in [1.807, 2.05) is 18.2 Å².